The number of esters is 2. The molecule has 0 aromatic heterocycles. The van der Waals surface area contributed by atoms with Crippen LogP contribution in [0.25, 0.3) is 0 Å². The first-order chi connectivity index (χ1) is 15.9. The van der Waals surface area contributed by atoms with E-state index >= 15 is 0 Å². The average molecular weight is 489 g/mol. The number of nitrogens with zero attached hydrogens (tertiary/aromatic N) is 2. The molecule has 5 saturated carbocycles. The van der Waals surface area contributed by atoms with Gasteiger partial charge in [0.15, 0.2) is 0 Å². The summed E-state index contributed by atoms with van der Waals surface area (Å²) >= 11 is 0. The minimum atomic E-state index is -0.716. The maximum atomic E-state index is 13.7. The van der Waals surface area contributed by atoms with Gasteiger partial charge in [-0.3, -0.25) is 9.59 Å². The quantitative estimate of drug-likeness (QED) is 0.560. The number of rotatable bonds is 4. The standard InChI is InChI=1S/C27H40N2O6/c1-22(2)10-14(11-23(3,4)28(22)32)34-20(30)26-16-9-17-19(18(16)26)27(17,26)21(31)35-15-12-24(5,6)29(33)25(7,8)13-15/h14-19H,9-13H2,1-8H3. The second-order valence-corrected chi connectivity index (χ2v) is 14.9. The Bertz CT molecular complexity index is 874. The Hall–Kier alpha value is -1.22. The van der Waals surface area contributed by atoms with Gasteiger partial charge in [-0.15, -0.1) is 20.5 Å². The molecule has 0 amide bonds. The molecule has 2 heterocycles. The molecule has 2 saturated heterocycles. The fraction of sp³-hybridized carbons (Fsp3) is 0.926. The molecule has 0 N–H and O–H groups in total. The molecule has 6 atom stereocenters. The van der Waals surface area contributed by atoms with Crippen molar-refractivity contribution in [2.45, 2.75) is 122 Å². The molecule has 0 aromatic rings. The topological polar surface area (TPSA) is 98.9 Å². The van der Waals surface area contributed by atoms with E-state index in [1.54, 1.807) is 0 Å². The van der Waals surface area contributed by atoms with Gasteiger partial charge in [0.25, 0.3) is 0 Å². The predicted molar refractivity (Wildman–Crippen MR) is 123 cm³/mol. The highest BCUT2D eigenvalue weighted by molar-refractivity contribution is 6.01. The Kier molecular flexibility index (Phi) is 4.43. The van der Waals surface area contributed by atoms with Crippen molar-refractivity contribution in [3.8, 4) is 0 Å². The van der Waals surface area contributed by atoms with Crippen LogP contribution in [0.5, 0.6) is 0 Å². The SMILES string of the molecule is CC1(C)CC(OC(=O)C23C4CC5C(C42)C53C(=O)OC2CC(C)(C)N([O])C(C)(C)C2)CC(C)(C)N1[O]. The molecule has 2 radical (unpaired) electrons. The summed E-state index contributed by atoms with van der Waals surface area (Å²) in [5.74, 6) is 0.483. The van der Waals surface area contributed by atoms with E-state index in [2.05, 4.69) is 0 Å². The summed E-state index contributed by atoms with van der Waals surface area (Å²) in [4.78, 5) is 27.4. The second kappa shape index (κ2) is 6.43. The molecule has 8 nitrogen and oxygen atoms in total. The zero-order chi connectivity index (χ0) is 25.7. The summed E-state index contributed by atoms with van der Waals surface area (Å²) in [6.07, 6.45) is 2.18. The van der Waals surface area contributed by atoms with Gasteiger partial charge in [0.2, 0.25) is 0 Å². The average Bonchev–Trinajstić information content (AvgIpc) is 3.33. The number of carbonyl (C=O) groups is 2. The number of hydrogen-bond donors (Lipinski definition) is 0. The smallest absolute Gasteiger partial charge is 0.314 e. The fourth-order valence-corrected chi connectivity index (χ4v) is 9.97. The Labute approximate surface area is 208 Å². The molecule has 0 aromatic carbocycles. The summed E-state index contributed by atoms with van der Waals surface area (Å²) in [7, 11) is 0. The number of ether oxygens (including phenoxy) is 2. The molecular formula is C27H40N2O6. The first kappa shape index (κ1) is 24.1. The number of hydrogen-bond acceptors (Lipinski definition) is 6. The summed E-state index contributed by atoms with van der Waals surface area (Å²) < 4.78 is 12.3. The summed E-state index contributed by atoms with van der Waals surface area (Å²) in [5.41, 5.74) is -3.92. The Balaban J connectivity index is 1.19. The monoisotopic (exact) mass is 488 g/mol. The van der Waals surface area contributed by atoms with Gasteiger partial charge in [-0.1, -0.05) is 0 Å². The molecular weight excluding hydrogens is 448 g/mol. The molecule has 35 heavy (non-hydrogen) atoms. The molecule has 2 bridgehead atoms. The molecule has 7 aliphatic rings. The first-order valence-corrected chi connectivity index (χ1v) is 13.3. The lowest BCUT2D eigenvalue weighted by molar-refractivity contribution is -0.300. The highest BCUT2D eigenvalue weighted by Gasteiger charge is 3.10. The van der Waals surface area contributed by atoms with Crippen molar-refractivity contribution in [2.24, 2.45) is 34.5 Å². The Morgan fingerprint density at radius 3 is 1.14 bits per heavy atom. The van der Waals surface area contributed by atoms with Crippen LogP contribution in [0, 0.1) is 34.5 Å². The number of piperidine rings is 2. The van der Waals surface area contributed by atoms with Crippen molar-refractivity contribution in [3.63, 3.8) is 0 Å². The van der Waals surface area contributed by atoms with Crippen molar-refractivity contribution >= 4 is 11.9 Å². The van der Waals surface area contributed by atoms with Gasteiger partial charge in [0.1, 0.15) is 12.2 Å². The fourth-order valence-electron chi connectivity index (χ4n) is 9.97. The van der Waals surface area contributed by atoms with Gasteiger partial charge >= 0.3 is 11.9 Å². The molecule has 5 aliphatic carbocycles. The maximum Gasteiger partial charge on any atom is 0.314 e. The molecule has 7 fully saturated rings. The van der Waals surface area contributed by atoms with Crippen LogP contribution in [0.1, 0.15) is 87.5 Å². The van der Waals surface area contributed by atoms with Gasteiger partial charge < -0.3 is 9.47 Å². The summed E-state index contributed by atoms with van der Waals surface area (Å²) in [6.45, 7) is 15.2. The lowest BCUT2D eigenvalue weighted by Gasteiger charge is -2.50. The molecule has 194 valence electrons. The molecule has 8 heteroatoms. The van der Waals surface area contributed by atoms with Crippen LogP contribution in [0.4, 0.5) is 0 Å². The van der Waals surface area contributed by atoms with E-state index in [4.69, 9.17) is 9.47 Å². The van der Waals surface area contributed by atoms with Gasteiger partial charge in [-0.05, 0) is 85.5 Å². The van der Waals surface area contributed by atoms with Crippen LogP contribution in [0.15, 0.2) is 0 Å². The van der Waals surface area contributed by atoms with E-state index in [1.807, 2.05) is 55.4 Å². The van der Waals surface area contributed by atoms with E-state index < -0.39 is 33.0 Å². The van der Waals surface area contributed by atoms with Gasteiger partial charge in [0, 0.05) is 47.8 Å². The van der Waals surface area contributed by atoms with Gasteiger partial charge in [-0.25, -0.2) is 0 Å². The number of hydroxylamine groups is 4. The molecule has 2 aliphatic heterocycles. The van der Waals surface area contributed by atoms with Crippen molar-refractivity contribution < 1.29 is 29.5 Å². The highest BCUT2D eigenvalue weighted by Crippen LogP contribution is 3.05. The highest BCUT2D eigenvalue weighted by atomic mass is 16.6. The molecule has 6 unspecified atom stereocenters. The predicted octanol–water partition coefficient (Wildman–Crippen LogP) is 3.69. The zero-order valence-electron chi connectivity index (χ0n) is 22.3. The van der Waals surface area contributed by atoms with E-state index in [0.717, 1.165) is 16.5 Å². The lowest BCUT2D eigenvalue weighted by atomic mass is 9.71. The third kappa shape index (κ3) is 2.67. The van der Waals surface area contributed by atoms with Crippen LogP contribution in [0.2, 0.25) is 0 Å². The minimum absolute atomic E-state index is 0.231. The van der Waals surface area contributed by atoms with Crippen LogP contribution in [-0.2, 0) is 29.5 Å². The maximum absolute atomic E-state index is 13.7. The minimum Gasteiger partial charge on any atom is -0.462 e. The third-order valence-corrected chi connectivity index (χ3v) is 10.8. The Morgan fingerprint density at radius 1 is 0.600 bits per heavy atom. The summed E-state index contributed by atoms with van der Waals surface area (Å²) in [5, 5.41) is 27.7. The van der Waals surface area contributed by atoms with Crippen LogP contribution >= 0.6 is 0 Å². The van der Waals surface area contributed by atoms with Crippen molar-refractivity contribution in [3.05, 3.63) is 0 Å². The van der Waals surface area contributed by atoms with E-state index in [0.29, 0.717) is 25.7 Å². The zero-order valence-corrected chi connectivity index (χ0v) is 22.3. The first-order valence-electron chi connectivity index (χ1n) is 13.3. The van der Waals surface area contributed by atoms with Crippen LogP contribution in [-0.4, -0.2) is 56.4 Å². The van der Waals surface area contributed by atoms with Gasteiger partial charge in [-0.2, -0.15) is 0 Å². The Morgan fingerprint density at radius 2 is 0.886 bits per heavy atom. The van der Waals surface area contributed by atoms with Crippen LogP contribution < -0.4 is 0 Å². The van der Waals surface area contributed by atoms with E-state index in [9.17, 15) is 20.0 Å². The summed E-state index contributed by atoms with van der Waals surface area (Å²) in [6, 6.07) is 0. The largest absolute Gasteiger partial charge is 0.462 e. The van der Waals surface area contributed by atoms with Crippen molar-refractivity contribution in [1.29, 1.82) is 0 Å². The molecule has 7 rings (SSSR count). The van der Waals surface area contributed by atoms with E-state index in [1.165, 1.54) is 0 Å². The third-order valence-electron chi connectivity index (χ3n) is 10.8. The van der Waals surface area contributed by atoms with Crippen LogP contribution in [0.3, 0.4) is 0 Å². The second-order valence-electron chi connectivity index (χ2n) is 14.9. The lowest BCUT2D eigenvalue weighted by Crippen LogP contribution is -2.61. The molecule has 0 spiro atoms. The normalized spacial score (nSPS) is 46.3. The number of carbonyl (C=O) groups excluding carboxylic acids is 2. The van der Waals surface area contributed by atoms with E-state index in [-0.39, 0.29) is 47.8 Å². The van der Waals surface area contributed by atoms with Crippen molar-refractivity contribution in [2.75, 3.05) is 0 Å². The van der Waals surface area contributed by atoms with Gasteiger partial charge in [0.05, 0.1) is 10.8 Å². The van der Waals surface area contributed by atoms with Crippen molar-refractivity contribution in [1.82, 2.24) is 10.1 Å².